The molecule has 1 N–H and O–H groups in total. The fourth-order valence-corrected chi connectivity index (χ4v) is 3.70. The number of rotatable bonds is 8. The first-order chi connectivity index (χ1) is 12.2. The molecule has 1 aromatic carbocycles. The zero-order valence-electron chi connectivity index (χ0n) is 15.1. The average molecular weight is 358 g/mol. The normalized spacial score (nSPS) is 23.2. The van der Waals surface area contributed by atoms with E-state index in [2.05, 4.69) is 48.8 Å². The zero-order chi connectivity index (χ0) is 17.2. The van der Waals surface area contributed by atoms with Gasteiger partial charge in [-0.25, -0.2) is 0 Å². The van der Waals surface area contributed by atoms with Gasteiger partial charge in [0.1, 0.15) is 5.75 Å². The molecule has 1 atom stereocenters. The summed E-state index contributed by atoms with van der Waals surface area (Å²) < 4.78 is 11.4. The van der Waals surface area contributed by atoms with Crippen LogP contribution < -0.4 is 10.1 Å². The van der Waals surface area contributed by atoms with E-state index in [9.17, 15) is 0 Å². The van der Waals surface area contributed by atoms with E-state index in [1.165, 1.54) is 34.4 Å². The van der Waals surface area contributed by atoms with E-state index in [4.69, 9.17) is 9.47 Å². The molecular weight excluding hydrogens is 330 g/mol. The molecule has 2 fully saturated rings. The maximum Gasteiger partial charge on any atom is 0.127 e. The van der Waals surface area contributed by atoms with Crippen molar-refractivity contribution >= 4 is 17.3 Å². The second-order valence-corrected chi connectivity index (χ2v) is 8.30. The van der Waals surface area contributed by atoms with Gasteiger partial charge in [0, 0.05) is 29.0 Å². The molecule has 134 valence electrons. The van der Waals surface area contributed by atoms with Crippen molar-refractivity contribution in [2.24, 2.45) is 11.8 Å². The van der Waals surface area contributed by atoms with Crippen LogP contribution in [0.25, 0.3) is 5.57 Å². The lowest BCUT2D eigenvalue weighted by Crippen LogP contribution is -2.40. The van der Waals surface area contributed by atoms with Gasteiger partial charge in [0.05, 0.1) is 19.8 Å². The third kappa shape index (κ3) is 4.13. The van der Waals surface area contributed by atoms with E-state index in [1.54, 1.807) is 11.8 Å². The second-order valence-electron chi connectivity index (χ2n) is 7.42. The van der Waals surface area contributed by atoms with E-state index in [0.717, 1.165) is 38.0 Å². The second kappa shape index (κ2) is 7.56. The summed E-state index contributed by atoms with van der Waals surface area (Å²) in [6.07, 6.45) is 9.41. The predicted molar refractivity (Wildman–Crippen MR) is 104 cm³/mol. The summed E-state index contributed by atoms with van der Waals surface area (Å²) in [6, 6.07) is 6.89. The number of thioether (sulfide) groups is 1. The Morgan fingerprint density at radius 3 is 2.76 bits per heavy atom. The summed E-state index contributed by atoms with van der Waals surface area (Å²) >= 11 is 1.78. The van der Waals surface area contributed by atoms with Crippen LogP contribution in [0.5, 0.6) is 5.75 Å². The number of allylic oxidation sites excluding steroid dienone is 2. The first kappa shape index (κ1) is 17.2. The summed E-state index contributed by atoms with van der Waals surface area (Å²) in [7, 11) is 0. The molecule has 1 saturated carbocycles. The number of nitrogens with one attached hydrogen (secondary N) is 1. The van der Waals surface area contributed by atoms with Gasteiger partial charge in [0.15, 0.2) is 0 Å². The first-order valence-corrected chi connectivity index (χ1v) is 10.5. The Balaban J connectivity index is 1.51. The van der Waals surface area contributed by atoms with E-state index >= 15 is 0 Å². The fraction of sp³-hybridized carbons (Fsp3) is 0.524. The maximum atomic E-state index is 6.15. The molecule has 1 heterocycles. The van der Waals surface area contributed by atoms with Crippen LogP contribution in [0.4, 0.5) is 0 Å². The van der Waals surface area contributed by atoms with Crippen molar-refractivity contribution in [2.75, 3.05) is 32.6 Å². The summed E-state index contributed by atoms with van der Waals surface area (Å²) in [4.78, 5) is 1.28. The summed E-state index contributed by atoms with van der Waals surface area (Å²) in [6.45, 7) is 5.88. The van der Waals surface area contributed by atoms with Gasteiger partial charge < -0.3 is 14.8 Å². The third-order valence-electron chi connectivity index (χ3n) is 5.22. The minimum atomic E-state index is 0.324. The van der Waals surface area contributed by atoms with Crippen molar-refractivity contribution in [2.45, 2.75) is 30.7 Å². The monoisotopic (exact) mass is 357 g/mol. The van der Waals surface area contributed by atoms with Gasteiger partial charge >= 0.3 is 0 Å². The van der Waals surface area contributed by atoms with Crippen molar-refractivity contribution in [3.63, 3.8) is 0 Å². The fourth-order valence-electron chi connectivity index (χ4n) is 3.26. The predicted octanol–water partition coefficient (Wildman–Crippen LogP) is 4.15. The Morgan fingerprint density at radius 1 is 1.24 bits per heavy atom. The number of ether oxygens (including phenoxy) is 2. The van der Waals surface area contributed by atoms with Crippen LogP contribution in [-0.4, -0.2) is 38.7 Å². The number of benzene rings is 1. The summed E-state index contributed by atoms with van der Waals surface area (Å²) in [5.74, 6) is 2.46. The van der Waals surface area contributed by atoms with Crippen molar-refractivity contribution in [1.29, 1.82) is 0 Å². The van der Waals surface area contributed by atoms with E-state index in [0.29, 0.717) is 12.0 Å². The molecule has 1 saturated heterocycles. The molecular formula is C21H27NO2S. The Morgan fingerprint density at radius 2 is 2.08 bits per heavy atom. The average Bonchev–Trinajstić information content (AvgIpc) is 3.34. The smallest absolute Gasteiger partial charge is 0.127 e. The van der Waals surface area contributed by atoms with E-state index < -0.39 is 0 Å². The van der Waals surface area contributed by atoms with Crippen molar-refractivity contribution in [3.05, 3.63) is 41.5 Å². The molecule has 4 heteroatoms. The summed E-state index contributed by atoms with van der Waals surface area (Å²) in [5, 5.41) is 3.67. The van der Waals surface area contributed by atoms with Crippen LogP contribution in [0.3, 0.4) is 0 Å². The summed E-state index contributed by atoms with van der Waals surface area (Å²) in [5.41, 5.74) is 3.88. The van der Waals surface area contributed by atoms with Gasteiger partial charge in [-0.2, -0.15) is 0 Å². The topological polar surface area (TPSA) is 30.5 Å². The van der Waals surface area contributed by atoms with Gasteiger partial charge in [-0.3, -0.25) is 0 Å². The SMILES string of the molecule is CSc1ccc(OCC2CC2)c(C2=CC(NCC3COC3)C(C)=C2)c1. The quantitative estimate of drug-likeness (QED) is 0.708. The third-order valence-corrected chi connectivity index (χ3v) is 5.95. The molecule has 1 unspecified atom stereocenters. The molecule has 25 heavy (non-hydrogen) atoms. The molecule has 4 rings (SSSR count). The highest BCUT2D eigenvalue weighted by Gasteiger charge is 2.25. The highest BCUT2D eigenvalue weighted by molar-refractivity contribution is 7.98. The van der Waals surface area contributed by atoms with Gasteiger partial charge in [0.25, 0.3) is 0 Å². The van der Waals surface area contributed by atoms with Crippen molar-refractivity contribution in [3.8, 4) is 5.75 Å². The Bertz CT molecular complexity index is 689. The molecule has 0 spiro atoms. The van der Waals surface area contributed by atoms with Crippen LogP contribution in [0.1, 0.15) is 25.3 Å². The standard InChI is InChI=1S/C21H27NO2S/c1-14-7-17(8-20(14)22-10-16-11-23-12-16)19-9-18(25-2)5-6-21(19)24-13-15-3-4-15/h5-9,15-16,20,22H,3-4,10-13H2,1-2H3. The zero-order valence-corrected chi connectivity index (χ0v) is 15.9. The minimum Gasteiger partial charge on any atom is -0.493 e. The van der Waals surface area contributed by atoms with Crippen LogP contribution in [-0.2, 0) is 4.74 Å². The minimum absolute atomic E-state index is 0.324. The van der Waals surface area contributed by atoms with Gasteiger partial charge in [-0.1, -0.05) is 17.7 Å². The molecule has 1 aliphatic heterocycles. The molecule has 0 aromatic heterocycles. The van der Waals surface area contributed by atoms with Gasteiger partial charge in [0.2, 0.25) is 0 Å². The van der Waals surface area contributed by atoms with Crippen LogP contribution >= 0.6 is 11.8 Å². The first-order valence-electron chi connectivity index (χ1n) is 9.25. The van der Waals surface area contributed by atoms with Gasteiger partial charge in [-0.15, -0.1) is 11.8 Å². The van der Waals surface area contributed by atoms with E-state index in [-0.39, 0.29) is 0 Å². The molecule has 0 bridgehead atoms. The Labute approximate surface area is 154 Å². The largest absolute Gasteiger partial charge is 0.493 e. The van der Waals surface area contributed by atoms with Crippen LogP contribution in [0.15, 0.2) is 40.8 Å². The molecule has 3 aliphatic rings. The Kier molecular flexibility index (Phi) is 5.20. The number of hydrogen-bond donors (Lipinski definition) is 1. The Hall–Kier alpha value is -1.23. The maximum absolute atomic E-state index is 6.15. The molecule has 0 amide bonds. The molecule has 0 radical (unpaired) electrons. The number of hydrogen-bond acceptors (Lipinski definition) is 4. The highest BCUT2D eigenvalue weighted by Crippen LogP contribution is 2.37. The lowest BCUT2D eigenvalue weighted by molar-refractivity contribution is -0.0308. The highest BCUT2D eigenvalue weighted by atomic mass is 32.2. The lowest BCUT2D eigenvalue weighted by Gasteiger charge is -2.27. The molecule has 2 aliphatic carbocycles. The van der Waals surface area contributed by atoms with E-state index in [1.807, 2.05) is 0 Å². The van der Waals surface area contributed by atoms with Gasteiger partial charge in [-0.05, 0) is 55.7 Å². The van der Waals surface area contributed by atoms with Crippen LogP contribution in [0.2, 0.25) is 0 Å². The molecule has 3 nitrogen and oxygen atoms in total. The lowest BCUT2D eigenvalue weighted by atomic mass is 10.1. The van der Waals surface area contributed by atoms with Crippen molar-refractivity contribution in [1.82, 2.24) is 5.32 Å². The van der Waals surface area contributed by atoms with Crippen LogP contribution in [0, 0.1) is 11.8 Å². The molecule has 1 aromatic rings. The van der Waals surface area contributed by atoms with Crippen molar-refractivity contribution < 1.29 is 9.47 Å².